The van der Waals surface area contributed by atoms with Crippen molar-refractivity contribution in [1.82, 2.24) is 0 Å². The first kappa shape index (κ1) is 6.20. The third-order valence-electron chi connectivity index (χ3n) is 1.28. The van der Waals surface area contributed by atoms with Gasteiger partial charge in [-0.1, -0.05) is 29.5 Å². The molecule has 1 aliphatic rings. The van der Waals surface area contributed by atoms with Crippen molar-refractivity contribution in [3.8, 4) is 0 Å². The Morgan fingerprint density at radius 2 is 2.43 bits per heavy atom. The molecule has 2 heteroatoms. The second-order valence-corrected chi connectivity index (χ2v) is 4.97. The summed E-state index contributed by atoms with van der Waals surface area (Å²) in [5.74, 6) is 1.38. The third-order valence-corrected chi connectivity index (χ3v) is 4.80. The Kier molecular flexibility index (Phi) is 2.28. The Bertz CT molecular complexity index is 57.1. The van der Waals surface area contributed by atoms with Crippen LogP contribution in [-0.2, 0) is 0 Å². The van der Waals surface area contributed by atoms with Crippen LogP contribution < -0.4 is 0 Å². The van der Waals surface area contributed by atoms with E-state index in [1.807, 2.05) is 0 Å². The van der Waals surface area contributed by atoms with Gasteiger partial charge in [0.05, 0.1) is 0 Å². The number of alkyl halides is 1. The molecule has 2 atom stereocenters. The predicted molar refractivity (Wildman–Crippen MR) is 44.3 cm³/mol. The van der Waals surface area contributed by atoms with Crippen molar-refractivity contribution in [2.45, 2.75) is 22.5 Å². The van der Waals surface area contributed by atoms with Gasteiger partial charge in [-0.2, -0.15) is 11.8 Å². The van der Waals surface area contributed by atoms with Crippen molar-refractivity contribution in [3.05, 3.63) is 0 Å². The smallest absolute Gasteiger partial charge is 0.0234 e. The van der Waals surface area contributed by atoms with Crippen LogP contribution in [-0.4, -0.2) is 14.9 Å². The molecule has 1 unspecified atom stereocenters. The molecule has 1 aliphatic heterocycles. The quantitative estimate of drug-likeness (QED) is 0.453. The zero-order valence-electron chi connectivity index (χ0n) is 4.36. The largest absolute Gasteiger partial charge is 0.158 e. The Morgan fingerprint density at radius 1 is 1.71 bits per heavy atom. The Balaban J connectivity index is 2.33. The summed E-state index contributed by atoms with van der Waals surface area (Å²) in [6.07, 6.45) is 1.42. The Hall–Kier alpha value is 1.08. The first-order valence-electron chi connectivity index (χ1n) is 2.56. The van der Waals surface area contributed by atoms with Crippen LogP contribution in [0, 0.1) is 0 Å². The van der Waals surface area contributed by atoms with Gasteiger partial charge < -0.3 is 0 Å². The van der Waals surface area contributed by atoms with Crippen LogP contribution in [0.3, 0.4) is 0 Å². The lowest BCUT2D eigenvalue weighted by atomic mass is 10.3. The number of thioether (sulfide) groups is 1. The van der Waals surface area contributed by atoms with Gasteiger partial charge in [0.15, 0.2) is 0 Å². The normalized spacial score (nSPS) is 42.0. The van der Waals surface area contributed by atoms with E-state index < -0.39 is 0 Å². The van der Waals surface area contributed by atoms with Gasteiger partial charge in [0.1, 0.15) is 0 Å². The molecule has 1 saturated heterocycles. The molecule has 0 aliphatic carbocycles. The standard InChI is InChI=1S/C5H9IS/c1-4-5(6)2-3-7-4/h4-5H,2-3H2,1H3/t4-,5?/m1/s1. The van der Waals surface area contributed by atoms with Gasteiger partial charge in [0.2, 0.25) is 0 Å². The summed E-state index contributed by atoms with van der Waals surface area (Å²) in [6, 6.07) is 0. The monoisotopic (exact) mass is 228 g/mol. The van der Waals surface area contributed by atoms with Crippen LogP contribution in [0.1, 0.15) is 13.3 Å². The number of halogens is 1. The summed E-state index contributed by atoms with van der Waals surface area (Å²) >= 11 is 4.63. The van der Waals surface area contributed by atoms with E-state index in [0.29, 0.717) is 0 Å². The molecule has 0 aromatic carbocycles. The van der Waals surface area contributed by atoms with E-state index in [4.69, 9.17) is 0 Å². The molecule has 1 fully saturated rings. The van der Waals surface area contributed by atoms with Crippen LogP contribution in [0.5, 0.6) is 0 Å². The average molecular weight is 228 g/mol. The fourth-order valence-electron chi connectivity index (χ4n) is 0.706. The SMILES string of the molecule is C[C@H]1SCCC1I. The minimum atomic E-state index is 0.917. The minimum Gasteiger partial charge on any atom is -0.158 e. The van der Waals surface area contributed by atoms with Crippen LogP contribution in [0.15, 0.2) is 0 Å². The summed E-state index contributed by atoms with van der Waals surface area (Å²) in [5, 5.41) is 0.917. The summed E-state index contributed by atoms with van der Waals surface area (Å²) in [6.45, 7) is 2.31. The second-order valence-electron chi connectivity index (χ2n) is 1.88. The van der Waals surface area contributed by atoms with E-state index in [-0.39, 0.29) is 0 Å². The molecule has 1 heterocycles. The van der Waals surface area contributed by atoms with Crippen molar-refractivity contribution in [1.29, 1.82) is 0 Å². The van der Waals surface area contributed by atoms with E-state index in [2.05, 4.69) is 41.3 Å². The van der Waals surface area contributed by atoms with Crippen LogP contribution in [0.2, 0.25) is 0 Å². The van der Waals surface area contributed by atoms with E-state index in [1.54, 1.807) is 0 Å². The molecule has 0 amide bonds. The molecule has 7 heavy (non-hydrogen) atoms. The van der Waals surface area contributed by atoms with Gasteiger partial charge in [-0.05, 0) is 12.2 Å². The van der Waals surface area contributed by atoms with Crippen molar-refractivity contribution in [2.75, 3.05) is 5.75 Å². The molecule has 0 radical (unpaired) electrons. The maximum Gasteiger partial charge on any atom is 0.0234 e. The van der Waals surface area contributed by atoms with E-state index in [0.717, 1.165) is 9.17 Å². The maximum atomic E-state index is 2.54. The van der Waals surface area contributed by atoms with E-state index >= 15 is 0 Å². The van der Waals surface area contributed by atoms with Gasteiger partial charge >= 0.3 is 0 Å². The van der Waals surface area contributed by atoms with Crippen molar-refractivity contribution < 1.29 is 0 Å². The van der Waals surface area contributed by atoms with Gasteiger partial charge in [0.25, 0.3) is 0 Å². The maximum absolute atomic E-state index is 2.54. The highest BCUT2D eigenvalue weighted by atomic mass is 127. The first-order valence-corrected chi connectivity index (χ1v) is 4.86. The Morgan fingerprint density at radius 3 is 2.57 bits per heavy atom. The van der Waals surface area contributed by atoms with Crippen LogP contribution in [0.4, 0.5) is 0 Å². The number of hydrogen-bond acceptors (Lipinski definition) is 1. The van der Waals surface area contributed by atoms with Gasteiger partial charge in [-0.15, -0.1) is 0 Å². The van der Waals surface area contributed by atoms with Crippen LogP contribution >= 0.6 is 34.4 Å². The molecule has 0 spiro atoms. The van der Waals surface area contributed by atoms with Crippen LogP contribution in [0.25, 0.3) is 0 Å². The van der Waals surface area contributed by atoms with Gasteiger partial charge in [0, 0.05) is 9.17 Å². The molecule has 0 bridgehead atoms. The van der Waals surface area contributed by atoms with Crippen molar-refractivity contribution in [2.24, 2.45) is 0 Å². The Labute approximate surface area is 62.6 Å². The zero-order chi connectivity index (χ0) is 5.28. The minimum absolute atomic E-state index is 0.917. The summed E-state index contributed by atoms with van der Waals surface area (Å²) in [4.78, 5) is 0. The zero-order valence-corrected chi connectivity index (χ0v) is 7.33. The molecular weight excluding hydrogens is 219 g/mol. The van der Waals surface area contributed by atoms with Gasteiger partial charge in [-0.25, -0.2) is 0 Å². The number of hydrogen-bond donors (Lipinski definition) is 0. The molecular formula is C5H9IS. The molecule has 0 N–H and O–H groups in total. The third kappa shape index (κ3) is 1.49. The van der Waals surface area contributed by atoms with E-state index in [1.165, 1.54) is 12.2 Å². The molecule has 0 saturated carbocycles. The fraction of sp³-hybridized carbons (Fsp3) is 1.00. The molecule has 0 aromatic heterocycles. The highest BCUT2D eigenvalue weighted by Gasteiger charge is 2.19. The summed E-state index contributed by atoms with van der Waals surface area (Å²) < 4.78 is 0.947. The molecule has 1 rings (SSSR count). The van der Waals surface area contributed by atoms with Crippen molar-refractivity contribution >= 4 is 34.4 Å². The first-order chi connectivity index (χ1) is 3.30. The highest BCUT2D eigenvalue weighted by molar-refractivity contribution is 14.1. The predicted octanol–water partition coefficient (Wildman–Crippen LogP) is 2.32. The summed E-state index contributed by atoms with van der Waals surface area (Å²) in [5.41, 5.74) is 0. The highest BCUT2D eigenvalue weighted by Crippen LogP contribution is 2.31. The number of rotatable bonds is 0. The molecule has 42 valence electrons. The van der Waals surface area contributed by atoms with E-state index in [9.17, 15) is 0 Å². The summed E-state index contributed by atoms with van der Waals surface area (Å²) in [7, 11) is 0. The van der Waals surface area contributed by atoms with Crippen molar-refractivity contribution in [3.63, 3.8) is 0 Å². The second kappa shape index (κ2) is 2.58. The van der Waals surface area contributed by atoms with Gasteiger partial charge in [-0.3, -0.25) is 0 Å². The lowest BCUT2D eigenvalue weighted by Gasteiger charge is -2.02. The topological polar surface area (TPSA) is 0 Å². The molecule has 0 aromatic rings. The fourth-order valence-corrected chi connectivity index (χ4v) is 3.17. The lowest BCUT2D eigenvalue weighted by molar-refractivity contribution is 0.890. The molecule has 0 nitrogen and oxygen atoms in total. The lowest BCUT2D eigenvalue weighted by Crippen LogP contribution is -2.03. The average Bonchev–Trinajstić information content (AvgIpc) is 1.91.